The highest BCUT2D eigenvalue weighted by Gasteiger charge is 2.12. The first-order chi connectivity index (χ1) is 12.3. The molecule has 0 aliphatic rings. The van der Waals surface area contributed by atoms with Crippen molar-refractivity contribution in [2.45, 2.75) is 18.6 Å². The number of rotatable bonds is 7. The number of allylic oxidation sites excluding steroid dienone is 1. The van der Waals surface area contributed by atoms with E-state index in [9.17, 15) is 0 Å². The number of benzene rings is 2. The van der Waals surface area contributed by atoms with Crippen LogP contribution in [0.25, 0.3) is 17.5 Å². The Kier molecular flexibility index (Phi) is 5.86. The predicted molar refractivity (Wildman–Crippen MR) is 107 cm³/mol. The first-order valence-electron chi connectivity index (χ1n) is 8.23. The molecule has 0 aliphatic carbocycles. The quantitative estimate of drug-likeness (QED) is 0.432. The van der Waals surface area contributed by atoms with Crippen LogP contribution in [0, 0.1) is 6.92 Å². The van der Waals surface area contributed by atoms with Gasteiger partial charge in [-0.05, 0) is 12.5 Å². The fraction of sp³-hybridized carbons (Fsp3) is 0.143. The Morgan fingerprint density at radius 1 is 1.04 bits per heavy atom. The van der Waals surface area contributed by atoms with Crippen molar-refractivity contribution < 1.29 is 0 Å². The highest BCUT2D eigenvalue weighted by atomic mass is 32.2. The second-order valence-electron chi connectivity index (χ2n) is 5.70. The van der Waals surface area contributed by atoms with E-state index >= 15 is 0 Å². The molecule has 0 unspecified atom stereocenters. The monoisotopic (exact) mass is 347 g/mol. The number of hydrogen-bond donors (Lipinski definition) is 0. The Morgan fingerprint density at radius 3 is 2.52 bits per heavy atom. The van der Waals surface area contributed by atoms with Gasteiger partial charge in [0, 0.05) is 17.9 Å². The lowest BCUT2D eigenvalue weighted by Crippen LogP contribution is -2.00. The van der Waals surface area contributed by atoms with E-state index in [0.29, 0.717) is 6.54 Å². The number of aromatic nitrogens is 3. The van der Waals surface area contributed by atoms with Gasteiger partial charge in [-0.3, -0.25) is 4.57 Å². The third-order valence-corrected chi connectivity index (χ3v) is 4.68. The van der Waals surface area contributed by atoms with Crippen molar-refractivity contribution in [1.29, 1.82) is 0 Å². The molecule has 0 radical (unpaired) electrons. The molecule has 0 bridgehead atoms. The molecule has 1 heterocycles. The molecule has 0 saturated heterocycles. The van der Waals surface area contributed by atoms with Gasteiger partial charge in [-0.15, -0.1) is 16.8 Å². The van der Waals surface area contributed by atoms with Crippen molar-refractivity contribution in [3.63, 3.8) is 0 Å². The fourth-order valence-corrected chi connectivity index (χ4v) is 3.23. The molecule has 1 aromatic heterocycles. The molecule has 4 heteroatoms. The minimum atomic E-state index is 0.695. The summed E-state index contributed by atoms with van der Waals surface area (Å²) < 4.78 is 2.11. The number of thioether (sulfide) groups is 1. The van der Waals surface area contributed by atoms with Gasteiger partial charge in [0.2, 0.25) is 0 Å². The van der Waals surface area contributed by atoms with Gasteiger partial charge in [-0.2, -0.15) is 0 Å². The average Bonchev–Trinajstić information content (AvgIpc) is 3.03. The van der Waals surface area contributed by atoms with Crippen LogP contribution < -0.4 is 0 Å². The molecule has 0 spiro atoms. The molecule has 2 aromatic carbocycles. The Balaban J connectivity index is 1.74. The van der Waals surface area contributed by atoms with Crippen molar-refractivity contribution in [3.05, 3.63) is 84.5 Å². The average molecular weight is 347 g/mol. The lowest BCUT2D eigenvalue weighted by Gasteiger charge is -2.07. The summed E-state index contributed by atoms with van der Waals surface area (Å²) in [5.41, 5.74) is 3.52. The lowest BCUT2D eigenvalue weighted by atomic mass is 10.1. The summed E-state index contributed by atoms with van der Waals surface area (Å²) in [7, 11) is 0. The zero-order valence-electron chi connectivity index (χ0n) is 14.3. The summed E-state index contributed by atoms with van der Waals surface area (Å²) in [6, 6.07) is 18.7. The molecule has 0 amide bonds. The molecule has 0 saturated carbocycles. The van der Waals surface area contributed by atoms with E-state index in [1.165, 1.54) is 11.1 Å². The maximum atomic E-state index is 4.39. The molecule has 0 fully saturated rings. The van der Waals surface area contributed by atoms with Crippen LogP contribution in [0.2, 0.25) is 0 Å². The third kappa shape index (κ3) is 4.48. The van der Waals surface area contributed by atoms with Crippen molar-refractivity contribution in [2.75, 3.05) is 5.75 Å². The normalized spacial score (nSPS) is 11.1. The van der Waals surface area contributed by atoms with Crippen LogP contribution in [0.4, 0.5) is 0 Å². The van der Waals surface area contributed by atoms with Gasteiger partial charge in [-0.1, -0.05) is 90.2 Å². The van der Waals surface area contributed by atoms with Crippen LogP contribution in [0.1, 0.15) is 11.1 Å². The highest BCUT2D eigenvalue weighted by Crippen LogP contribution is 2.24. The summed E-state index contributed by atoms with van der Waals surface area (Å²) >= 11 is 1.68. The second-order valence-corrected chi connectivity index (χ2v) is 6.68. The van der Waals surface area contributed by atoms with Gasteiger partial charge in [0.1, 0.15) is 0 Å². The van der Waals surface area contributed by atoms with E-state index < -0.39 is 0 Å². The van der Waals surface area contributed by atoms with Gasteiger partial charge in [0.25, 0.3) is 0 Å². The summed E-state index contributed by atoms with van der Waals surface area (Å²) in [4.78, 5) is 0. The zero-order valence-corrected chi connectivity index (χ0v) is 15.1. The Morgan fingerprint density at radius 2 is 1.80 bits per heavy atom. The second kappa shape index (κ2) is 8.49. The van der Waals surface area contributed by atoms with E-state index in [0.717, 1.165) is 22.3 Å². The summed E-state index contributed by atoms with van der Waals surface area (Å²) in [5.74, 6) is 1.73. The molecule has 126 valence electrons. The van der Waals surface area contributed by atoms with E-state index in [1.807, 2.05) is 24.3 Å². The number of aryl methyl sites for hydroxylation is 1. The van der Waals surface area contributed by atoms with Gasteiger partial charge >= 0.3 is 0 Å². The minimum absolute atomic E-state index is 0.695. The Hall–Kier alpha value is -2.59. The van der Waals surface area contributed by atoms with E-state index in [-0.39, 0.29) is 0 Å². The standard InChI is InChI=1S/C21H21N3S/c1-3-15-24-20(19-13-11-17(2)12-14-19)22-23-21(24)25-16-7-10-18-8-5-4-6-9-18/h3-14H,1,15-16H2,2H3. The molecular formula is C21H21N3S. The minimum Gasteiger partial charge on any atom is -0.298 e. The van der Waals surface area contributed by atoms with Crippen LogP contribution in [-0.4, -0.2) is 20.5 Å². The van der Waals surface area contributed by atoms with Gasteiger partial charge in [0.15, 0.2) is 11.0 Å². The van der Waals surface area contributed by atoms with E-state index in [4.69, 9.17) is 0 Å². The van der Waals surface area contributed by atoms with Gasteiger partial charge in [-0.25, -0.2) is 0 Å². The molecule has 0 N–H and O–H groups in total. The molecule has 3 aromatic rings. The van der Waals surface area contributed by atoms with Crippen LogP contribution in [0.15, 0.2) is 78.5 Å². The van der Waals surface area contributed by atoms with Crippen molar-refractivity contribution in [3.8, 4) is 11.4 Å². The molecule has 3 nitrogen and oxygen atoms in total. The van der Waals surface area contributed by atoms with Crippen molar-refractivity contribution in [1.82, 2.24) is 14.8 Å². The largest absolute Gasteiger partial charge is 0.298 e. The molecule has 3 rings (SSSR count). The van der Waals surface area contributed by atoms with Crippen molar-refractivity contribution in [2.24, 2.45) is 0 Å². The molecule has 25 heavy (non-hydrogen) atoms. The summed E-state index contributed by atoms with van der Waals surface area (Å²) in [5, 5.41) is 9.67. The smallest absolute Gasteiger partial charge is 0.192 e. The lowest BCUT2D eigenvalue weighted by molar-refractivity contribution is 0.732. The molecule has 0 aliphatic heterocycles. The summed E-state index contributed by atoms with van der Waals surface area (Å²) in [6.45, 7) is 6.64. The molecular weight excluding hydrogens is 326 g/mol. The summed E-state index contributed by atoms with van der Waals surface area (Å²) in [6.07, 6.45) is 6.16. The first-order valence-corrected chi connectivity index (χ1v) is 9.22. The van der Waals surface area contributed by atoms with Crippen molar-refractivity contribution >= 4 is 17.8 Å². The third-order valence-electron chi connectivity index (χ3n) is 3.76. The van der Waals surface area contributed by atoms with Crippen LogP contribution >= 0.6 is 11.8 Å². The molecule has 0 atom stereocenters. The van der Waals surface area contributed by atoms with Crippen LogP contribution in [0.3, 0.4) is 0 Å². The number of hydrogen-bond acceptors (Lipinski definition) is 3. The zero-order chi connectivity index (χ0) is 17.5. The fourth-order valence-electron chi connectivity index (χ4n) is 2.48. The van der Waals surface area contributed by atoms with Gasteiger partial charge in [0.05, 0.1) is 0 Å². The maximum absolute atomic E-state index is 4.39. The van der Waals surface area contributed by atoms with E-state index in [2.05, 4.69) is 76.8 Å². The first kappa shape index (κ1) is 17.2. The van der Waals surface area contributed by atoms with E-state index in [1.54, 1.807) is 11.8 Å². The topological polar surface area (TPSA) is 30.7 Å². The maximum Gasteiger partial charge on any atom is 0.192 e. The van der Waals surface area contributed by atoms with Crippen LogP contribution in [-0.2, 0) is 6.54 Å². The Bertz CT molecular complexity index is 849. The SMILES string of the molecule is C=CCn1c(SCC=Cc2ccccc2)nnc1-c1ccc(C)cc1. The van der Waals surface area contributed by atoms with Crippen LogP contribution in [0.5, 0.6) is 0 Å². The van der Waals surface area contributed by atoms with Gasteiger partial charge < -0.3 is 0 Å². The number of nitrogens with zero attached hydrogens (tertiary/aromatic N) is 3. The predicted octanol–water partition coefficient (Wildman–Crippen LogP) is 5.25. The Labute approximate surface area is 153 Å². The highest BCUT2D eigenvalue weighted by molar-refractivity contribution is 7.99.